The van der Waals surface area contributed by atoms with Crippen molar-refractivity contribution in [3.05, 3.63) is 0 Å². The molecule has 21 heavy (non-hydrogen) atoms. The molecule has 4 nitrogen and oxygen atoms in total. The summed E-state index contributed by atoms with van der Waals surface area (Å²) in [4.78, 5) is 25.9. The molecule has 5 fully saturated rings. The molecule has 5 rings (SSSR count). The van der Waals surface area contributed by atoms with Gasteiger partial charge in [0, 0.05) is 13.1 Å². The van der Waals surface area contributed by atoms with Crippen LogP contribution in [0.25, 0.3) is 0 Å². The lowest BCUT2D eigenvalue weighted by atomic mass is 9.53. The van der Waals surface area contributed by atoms with Crippen LogP contribution < -0.4 is 0 Å². The Kier molecular flexibility index (Phi) is 3.05. The van der Waals surface area contributed by atoms with Crippen molar-refractivity contribution in [1.82, 2.24) is 4.90 Å². The van der Waals surface area contributed by atoms with Crippen LogP contribution in [0.5, 0.6) is 0 Å². The highest BCUT2D eigenvalue weighted by molar-refractivity contribution is 5.86. The maximum atomic E-state index is 12.7. The molecule has 0 aromatic carbocycles. The van der Waals surface area contributed by atoms with E-state index in [0.717, 1.165) is 18.3 Å². The Balaban J connectivity index is 1.48. The number of carboxylic acids is 1. The molecular weight excluding hydrogens is 266 g/mol. The first-order valence-corrected chi connectivity index (χ1v) is 8.54. The highest BCUT2D eigenvalue weighted by atomic mass is 16.4. The van der Waals surface area contributed by atoms with Crippen molar-refractivity contribution in [2.45, 2.75) is 51.0 Å². The third-order valence-electron chi connectivity index (χ3n) is 6.88. The van der Waals surface area contributed by atoms with Gasteiger partial charge in [0.2, 0.25) is 5.91 Å². The minimum Gasteiger partial charge on any atom is -0.481 e. The number of hydrogen-bond donors (Lipinski definition) is 1. The van der Waals surface area contributed by atoms with Gasteiger partial charge >= 0.3 is 5.97 Å². The summed E-state index contributed by atoms with van der Waals surface area (Å²) in [7, 11) is 1.94. The summed E-state index contributed by atoms with van der Waals surface area (Å²) >= 11 is 0. The Morgan fingerprint density at radius 1 is 0.905 bits per heavy atom. The molecule has 1 amide bonds. The van der Waals surface area contributed by atoms with E-state index in [1.807, 2.05) is 11.9 Å². The van der Waals surface area contributed by atoms with Crippen molar-refractivity contribution in [2.24, 2.45) is 35.5 Å². The van der Waals surface area contributed by atoms with E-state index in [1.54, 1.807) is 0 Å². The molecule has 5 aliphatic carbocycles. The summed E-state index contributed by atoms with van der Waals surface area (Å²) in [6.07, 6.45) is 8.02. The van der Waals surface area contributed by atoms with E-state index < -0.39 is 11.9 Å². The Hall–Kier alpha value is -1.06. The molecule has 0 radical (unpaired) electrons. The molecule has 0 aromatic rings. The van der Waals surface area contributed by atoms with Crippen molar-refractivity contribution in [2.75, 3.05) is 7.05 Å². The number of carboxylic acid groups (broad SMARTS) is 1. The number of hydrogen-bond acceptors (Lipinski definition) is 2. The predicted octanol–water partition coefficient (Wildman–Crippen LogP) is 2.38. The van der Waals surface area contributed by atoms with Gasteiger partial charge in [-0.2, -0.15) is 0 Å². The quantitative estimate of drug-likeness (QED) is 0.868. The summed E-state index contributed by atoms with van der Waals surface area (Å²) in [5.74, 6) is 1.79. The first-order valence-electron chi connectivity index (χ1n) is 8.54. The Morgan fingerprint density at radius 2 is 1.43 bits per heavy atom. The number of carbonyl (C=O) groups excluding carboxylic acids is 1. The number of carbonyl (C=O) groups is 2. The first kappa shape index (κ1) is 13.6. The van der Waals surface area contributed by atoms with Crippen molar-refractivity contribution in [3.63, 3.8) is 0 Å². The maximum absolute atomic E-state index is 12.7. The number of rotatable bonds is 3. The Morgan fingerprint density at radius 3 is 1.86 bits per heavy atom. The van der Waals surface area contributed by atoms with Crippen molar-refractivity contribution < 1.29 is 14.7 Å². The molecule has 0 heterocycles. The summed E-state index contributed by atoms with van der Waals surface area (Å²) in [5, 5.41) is 9.18. The van der Waals surface area contributed by atoms with Crippen LogP contribution >= 0.6 is 0 Å². The van der Waals surface area contributed by atoms with E-state index >= 15 is 0 Å². The number of amides is 1. The molecule has 0 spiro atoms. The standard InChI is InChI=1S/C17H25NO3/c1-18(16(19)13-2-3-14(13)17(20)21)15-11-5-9-4-10(7-11)8-12(15)6-9/h9-15H,2-8H2,1H3,(H,20,21). The molecule has 1 N–H and O–H groups in total. The van der Waals surface area contributed by atoms with Gasteiger partial charge in [-0.15, -0.1) is 0 Å². The largest absolute Gasteiger partial charge is 0.481 e. The van der Waals surface area contributed by atoms with Crippen LogP contribution in [0.1, 0.15) is 44.9 Å². The molecular formula is C17H25NO3. The summed E-state index contributed by atoms with van der Waals surface area (Å²) in [6.45, 7) is 0. The van der Waals surface area contributed by atoms with Crippen LogP contribution in [0.3, 0.4) is 0 Å². The van der Waals surface area contributed by atoms with Crippen molar-refractivity contribution in [1.29, 1.82) is 0 Å². The normalized spacial score (nSPS) is 47.0. The molecule has 116 valence electrons. The van der Waals surface area contributed by atoms with Crippen LogP contribution in [0.15, 0.2) is 0 Å². The Labute approximate surface area is 125 Å². The van der Waals surface area contributed by atoms with Gasteiger partial charge < -0.3 is 10.0 Å². The summed E-state index contributed by atoms with van der Waals surface area (Å²) in [6, 6.07) is 0.389. The third kappa shape index (κ3) is 2.01. The van der Waals surface area contributed by atoms with Crippen LogP contribution in [0.2, 0.25) is 0 Å². The predicted molar refractivity (Wildman–Crippen MR) is 77.5 cm³/mol. The molecule has 0 aliphatic heterocycles. The van der Waals surface area contributed by atoms with Gasteiger partial charge in [0.25, 0.3) is 0 Å². The van der Waals surface area contributed by atoms with Gasteiger partial charge in [0.15, 0.2) is 0 Å². The van der Waals surface area contributed by atoms with Gasteiger partial charge in [-0.3, -0.25) is 9.59 Å². The van der Waals surface area contributed by atoms with Crippen molar-refractivity contribution >= 4 is 11.9 Å². The average molecular weight is 291 g/mol. The Bertz CT molecular complexity index is 447. The minimum atomic E-state index is -0.793. The fraction of sp³-hybridized carbons (Fsp3) is 0.882. The SMILES string of the molecule is CN(C(=O)C1CCC1C(=O)O)C1C2CC3CC(C2)CC1C3. The zero-order valence-electron chi connectivity index (χ0n) is 12.7. The smallest absolute Gasteiger partial charge is 0.307 e. The second kappa shape index (κ2) is 4.72. The third-order valence-corrected chi connectivity index (χ3v) is 6.88. The lowest BCUT2D eigenvalue weighted by molar-refractivity contribution is -0.161. The van der Waals surface area contributed by atoms with Gasteiger partial charge in [-0.1, -0.05) is 0 Å². The van der Waals surface area contributed by atoms with Gasteiger partial charge in [0.05, 0.1) is 11.8 Å². The molecule has 4 bridgehead atoms. The second-order valence-corrected chi connectivity index (χ2v) is 8.00. The molecule has 2 atom stereocenters. The number of aliphatic carboxylic acids is 1. The van der Waals surface area contributed by atoms with E-state index in [1.165, 1.54) is 32.1 Å². The topological polar surface area (TPSA) is 57.6 Å². The van der Waals surface area contributed by atoms with Crippen LogP contribution in [0.4, 0.5) is 0 Å². The lowest BCUT2D eigenvalue weighted by Crippen LogP contribution is -2.58. The summed E-state index contributed by atoms with van der Waals surface area (Å²) in [5.41, 5.74) is 0. The van der Waals surface area contributed by atoms with Crippen LogP contribution in [-0.4, -0.2) is 35.0 Å². The highest BCUT2D eigenvalue weighted by Crippen LogP contribution is 2.55. The molecule has 0 saturated heterocycles. The van der Waals surface area contributed by atoms with Crippen LogP contribution in [0, 0.1) is 35.5 Å². The van der Waals surface area contributed by atoms with Gasteiger partial charge in [-0.05, 0) is 68.6 Å². The first-order chi connectivity index (χ1) is 10.0. The monoisotopic (exact) mass is 291 g/mol. The summed E-state index contributed by atoms with van der Waals surface area (Å²) < 4.78 is 0. The van der Waals surface area contributed by atoms with Gasteiger partial charge in [-0.25, -0.2) is 0 Å². The average Bonchev–Trinajstić information content (AvgIpc) is 2.34. The van der Waals surface area contributed by atoms with E-state index in [2.05, 4.69) is 0 Å². The van der Waals surface area contributed by atoms with Crippen molar-refractivity contribution in [3.8, 4) is 0 Å². The van der Waals surface area contributed by atoms with Gasteiger partial charge in [0.1, 0.15) is 0 Å². The molecule has 4 heteroatoms. The highest BCUT2D eigenvalue weighted by Gasteiger charge is 2.52. The molecule has 0 aromatic heterocycles. The molecule has 2 unspecified atom stereocenters. The van der Waals surface area contributed by atoms with E-state index in [-0.39, 0.29) is 11.8 Å². The van der Waals surface area contributed by atoms with Crippen LogP contribution in [-0.2, 0) is 9.59 Å². The second-order valence-electron chi connectivity index (χ2n) is 8.00. The van der Waals surface area contributed by atoms with E-state index in [0.29, 0.717) is 24.3 Å². The molecule has 5 saturated carbocycles. The fourth-order valence-corrected chi connectivity index (χ4v) is 6.03. The minimum absolute atomic E-state index is 0.103. The molecule has 5 aliphatic rings. The van der Waals surface area contributed by atoms with E-state index in [4.69, 9.17) is 0 Å². The van der Waals surface area contributed by atoms with E-state index in [9.17, 15) is 14.7 Å². The zero-order valence-corrected chi connectivity index (χ0v) is 12.7. The zero-order chi connectivity index (χ0) is 14.7. The number of nitrogens with zero attached hydrogens (tertiary/aromatic N) is 1. The lowest BCUT2D eigenvalue weighted by Gasteiger charge is -2.57. The fourth-order valence-electron chi connectivity index (χ4n) is 6.03. The maximum Gasteiger partial charge on any atom is 0.307 e.